The number of rotatable bonds is 1. The van der Waals surface area contributed by atoms with E-state index in [1.807, 2.05) is 11.8 Å². The van der Waals surface area contributed by atoms with E-state index in [0.29, 0.717) is 0 Å². The van der Waals surface area contributed by atoms with E-state index >= 15 is 0 Å². The molecule has 3 heteroatoms. The maximum Gasteiger partial charge on any atom is 0.323 e. The van der Waals surface area contributed by atoms with E-state index in [0.717, 1.165) is 6.54 Å². The first-order chi connectivity index (χ1) is 8.57. The predicted octanol–water partition coefficient (Wildman–Crippen LogP) is 3.17. The van der Waals surface area contributed by atoms with Crippen LogP contribution in [0, 0.1) is 0 Å². The lowest BCUT2D eigenvalue weighted by Crippen LogP contribution is -2.30. The third-order valence-corrected chi connectivity index (χ3v) is 4.39. The molecular weight excluding hydrogens is 240 g/mol. The van der Waals surface area contributed by atoms with Gasteiger partial charge in [0.25, 0.3) is 0 Å². The minimum atomic E-state index is 0.194. The van der Waals surface area contributed by atoms with Gasteiger partial charge in [-0.2, -0.15) is 4.57 Å². The van der Waals surface area contributed by atoms with Crippen LogP contribution >= 0.6 is 11.8 Å². The zero-order chi connectivity index (χ0) is 12.8. The summed E-state index contributed by atoms with van der Waals surface area (Å²) in [7, 11) is 0. The van der Waals surface area contributed by atoms with Gasteiger partial charge in [0.15, 0.2) is 0 Å². The summed E-state index contributed by atoms with van der Waals surface area (Å²) in [5.74, 6) is 1.19. The summed E-state index contributed by atoms with van der Waals surface area (Å²) in [4.78, 5) is 0. The molecule has 2 nitrogen and oxygen atoms in total. The molecule has 0 spiro atoms. The molecule has 1 aromatic heterocycles. The largest absolute Gasteiger partial charge is 0.323 e. The van der Waals surface area contributed by atoms with Crippen molar-refractivity contribution in [3.8, 4) is 5.69 Å². The molecule has 94 valence electrons. The summed E-state index contributed by atoms with van der Waals surface area (Å²) in [6, 6.07) is 10.6. The summed E-state index contributed by atoms with van der Waals surface area (Å²) >= 11 is 1.95. The molecule has 0 unspecified atom stereocenters. The summed E-state index contributed by atoms with van der Waals surface area (Å²) in [5, 5.41) is 1.37. The molecule has 0 radical (unpaired) electrons. The Morgan fingerprint density at radius 2 is 1.89 bits per heavy atom. The van der Waals surface area contributed by atoms with E-state index in [1.165, 1.54) is 22.3 Å². The van der Waals surface area contributed by atoms with Crippen LogP contribution in [0.4, 0.5) is 0 Å². The number of hydrogen-bond acceptors (Lipinski definition) is 1. The van der Waals surface area contributed by atoms with Crippen molar-refractivity contribution in [1.82, 2.24) is 4.57 Å². The van der Waals surface area contributed by atoms with Gasteiger partial charge in [-0.15, -0.1) is 0 Å². The maximum absolute atomic E-state index is 2.47. The van der Waals surface area contributed by atoms with E-state index in [4.69, 9.17) is 0 Å². The molecule has 1 aliphatic heterocycles. The second-order valence-electron chi connectivity index (χ2n) is 5.75. The fourth-order valence-corrected chi connectivity index (χ4v) is 3.54. The van der Waals surface area contributed by atoms with Gasteiger partial charge < -0.3 is 0 Å². The Balaban J connectivity index is 2.18. The van der Waals surface area contributed by atoms with Crippen LogP contribution in [-0.4, -0.2) is 10.3 Å². The van der Waals surface area contributed by atoms with Gasteiger partial charge in [-0.1, -0.05) is 39.0 Å². The Morgan fingerprint density at radius 3 is 2.56 bits per heavy atom. The molecular formula is C15H19N2S+. The monoisotopic (exact) mass is 259 g/mol. The van der Waals surface area contributed by atoms with Gasteiger partial charge in [-0.25, -0.2) is 4.57 Å². The lowest BCUT2D eigenvalue weighted by Gasteiger charge is -2.14. The summed E-state index contributed by atoms with van der Waals surface area (Å²) in [6.45, 7) is 7.99. The number of thioether (sulfide) groups is 1. The Bertz CT molecular complexity index is 564. The first-order valence-corrected chi connectivity index (χ1v) is 7.40. The molecule has 0 atom stereocenters. The summed E-state index contributed by atoms with van der Waals surface area (Å²) in [6.07, 6.45) is 2.30. The highest BCUT2D eigenvalue weighted by Crippen LogP contribution is 2.31. The van der Waals surface area contributed by atoms with Gasteiger partial charge in [0.05, 0.1) is 0 Å². The topological polar surface area (TPSA) is 8.81 Å². The average Bonchev–Trinajstić information content (AvgIpc) is 2.89. The van der Waals surface area contributed by atoms with E-state index in [1.54, 1.807) is 0 Å². The van der Waals surface area contributed by atoms with Crippen molar-refractivity contribution in [3.05, 3.63) is 42.2 Å². The zero-order valence-electron chi connectivity index (χ0n) is 11.2. The first kappa shape index (κ1) is 11.8. The third-order valence-electron chi connectivity index (χ3n) is 3.33. The highest BCUT2D eigenvalue weighted by atomic mass is 32.2. The van der Waals surface area contributed by atoms with Gasteiger partial charge in [-0.3, -0.25) is 0 Å². The minimum absolute atomic E-state index is 0.194. The molecule has 3 rings (SSSR count). The third kappa shape index (κ3) is 1.87. The molecule has 0 N–H and O–H groups in total. The molecule has 0 saturated carbocycles. The molecule has 0 fully saturated rings. The minimum Gasteiger partial charge on any atom is -0.220 e. The lowest BCUT2D eigenvalue weighted by molar-refractivity contribution is -0.636. The van der Waals surface area contributed by atoms with Crippen LogP contribution in [0.3, 0.4) is 0 Å². The van der Waals surface area contributed by atoms with Crippen molar-refractivity contribution >= 4 is 11.8 Å². The van der Waals surface area contributed by atoms with Crippen LogP contribution < -0.4 is 4.57 Å². The number of hydrogen-bond donors (Lipinski definition) is 0. The number of fused-ring (bicyclic) bond motifs is 1. The number of benzene rings is 1. The van der Waals surface area contributed by atoms with Gasteiger partial charge >= 0.3 is 5.16 Å². The van der Waals surface area contributed by atoms with Crippen molar-refractivity contribution < 1.29 is 4.57 Å². The summed E-state index contributed by atoms with van der Waals surface area (Å²) in [5.41, 5.74) is 2.87. The number of imidazole rings is 1. The predicted molar refractivity (Wildman–Crippen MR) is 75.4 cm³/mol. The molecule has 2 aromatic rings. The van der Waals surface area contributed by atoms with Crippen LogP contribution in [0.15, 0.2) is 41.7 Å². The summed E-state index contributed by atoms with van der Waals surface area (Å²) < 4.78 is 4.80. The van der Waals surface area contributed by atoms with Crippen molar-refractivity contribution in [3.63, 3.8) is 0 Å². The standard InChI is InChI=1S/C15H19N2S/c1-15(2,3)13-11-17(12-7-5-4-6-8-12)14-16(13)9-10-18-14/h4-8,11H,9-10H2,1-3H3/q+1. The molecule has 1 aromatic carbocycles. The Morgan fingerprint density at radius 1 is 1.17 bits per heavy atom. The fourth-order valence-electron chi connectivity index (χ4n) is 2.44. The van der Waals surface area contributed by atoms with Crippen molar-refractivity contribution in [2.24, 2.45) is 0 Å². The van der Waals surface area contributed by atoms with E-state index in [9.17, 15) is 0 Å². The molecule has 0 aliphatic carbocycles. The molecule has 0 amide bonds. The van der Waals surface area contributed by atoms with Crippen LogP contribution in [0.5, 0.6) is 0 Å². The fraction of sp³-hybridized carbons (Fsp3) is 0.400. The van der Waals surface area contributed by atoms with Gasteiger partial charge in [-0.05, 0) is 23.9 Å². The SMILES string of the molecule is CC(C)(C)c1c[n+](-c2ccccc2)c2n1CCS2. The Kier molecular flexibility index (Phi) is 2.74. The van der Waals surface area contributed by atoms with Crippen molar-refractivity contribution in [1.29, 1.82) is 0 Å². The highest BCUT2D eigenvalue weighted by Gasteiger charge is 2.34. The highest BCUT2D eigenvalue weighted by molar-refractivity contribution is 7.99. The Hall–Kier alpha value is -1.22. The van der Waals surface area contributed by atoms with E-state index in [2.05, 4.69) is 66.4 Å². The number of aromatic nitrogens is 2. The number of para-hydroxylation sites is 1. The molecule has 0 saturated heterocycles. The first-order valence-electron chi connectivity index (χ1n) is 6.41. The number of nitrogens with zero attached hydrogens (tertiary/aromatic N) is 2. The van der Waals surface area contributed by atoms with Crippen LogP contribution in [-0.2, 0) is 12.0 Å². The quantitative estimate of drug-likeness (QED) is 0.715. The van der Waals surface area contributed by atoms with Gasteiger partial charge in [0, 0.05) is 11.2 Å². The molecule has 0 bridgehead atoms. The van der Waals surface area contributed by atoms with E-state index in [-0.39, 0.29) is 5.41 Å². The second-order valence-corrected chi connectivity index (χ2v) is 6.81. The molecule has 18 heavy (non-hydrogen) atoms. The lowest BCUT2D eigenvalue weighted by atomic mass is 9.92. The molecule has 2 heterocycles. The van der Waals surface area contributed by atoms with Crippen LogP contribution in [0.25, 0.3) is 5.69 Å². The van der Waals surface area contributed by atoms with Crippen LogP contribution in [0.1, 0.15) is 26.5 Å². The maximum atomic E-state index is 2.47. The second kappa shape index (κ2) is 4.16. The van der Waals surface area contributed by atoms with Gasteiger partial charge in [0.1, 0.15) is 24.1 Å². The van der Waals surface area contributed by atoms with Crippen molar-refractivity contribution in [2.45, 2.75) is 37.9 Å². The van der Waals surface area contributed by atoms with Crippen molar-refractivity contribution in [2.75, 3.05) is 5.75 Å². The van der Waals surface area contributed by atoms with Gasteiger partial charge in [0.2, 0.25) is 0 Å². The molecule has 1 aliphatic rings. The Labute approximate surface area is 113 Å². The normalized spacial score (nSPS) is 14.8. The zero-order valence-corrected chi connectivity index (χ0v) is 12.0. The van der Waals surface area contributed by atoms with Crippen LogP contribution in [0.2, 0.25) is 0 Å². The average molecular weight is 259 g/mol. The smallest absolute Gasteiger partial charge is 0.220 e. The van der Waals surface area contributed by atoms with E-state index < -0.39 is 0 Å².